The van der Waals surface area contributed by atoms with Crippen LogP contribution in [0.3, 0.4) is 0 Å². The van der Waals surface area contributed by atoms with E-state index in [0.717, 1.165) is 25.4 Å². The van der Waals surface area contributed by atoms with E-state index in [2.05, 4.69) is 42.8 Å². The van der Waals surface area contributed by atoms with Crippen LogP contribution in [0.2, 0.25) is 0 Å². The predicted molar refractivity (Wildman–Crippen MR) is 80.3 cm³/mol. The van der Waals surface area contributed by atoms with E-state index in [4.69, 9.17) is 0 Å². The van der Waals surface area contributed by atoms with Gasteiger partial charge in [-0.25, -0.2) is 0 Å². The van der Waals surface area contributed by atoms with Crippen LogP contribution >= 0.6 is 0 Å². The first-order valence-corrected chi connectivity index (χ1v) is 8.31. The van der Waals surface area contributed by atoms with Gasteiger partial charge >= 0.3 is 0 Å². The van der Waals surface area contributed by atoms with E-state index in [1.807, 2.05) is 0 Å². The zero-order chi connectivity index (χ0) is 14.5. The molecule has 0 bridgehead atoms. The van der Waals surface area contributed by atoms with Crippen molar-refractivity contribution in [1.29, 1.82) is 0 Å². The second-order valence-electron chi connectivity index (χ2n) is 7.40. The van der Waals surface area contributed by atoms with Crippen LogP contribution in [-0.4, -0.2) is 52.6 Å². The van der Waals surface area contributed by atoms with Gasteiger partial charge in [0.05, 0.1) is 11.7 Å². The number of carbonyl (C=O) groups excluding carboxylic acids is 1. The summed E-state index contributed by atoms with van der Waals surface area (Å²) in [6.07, 6.45) is 4.94. The summed E-state index contributed by atoms with van der Waals surface area (Å²) in [4.78, 5) is 17.7. The molecular formula is C16H29N3O. The number of hydrogen-bond donors (Lipinski definition) is 1. The van der Waals surface area contributed by atoms with E-state index >= 15 is 0 Å². The third-order valence-corrected chi connectivity index (χ3v) is 5.46. The van der Waals surface area contributed by atoms with E-state index in [1.165, 1.54) is 19.4 Å². The lowest BCUT2D eigenvalue weighted by atomic mass is 9.99. The number of amides is 1. The van der Waals surface area contributed by atoms with Crippen LogP contribution in [0.5, 0.6) is 0 Å². The molecule has 0 aromatic heterocycles. The van der Waals surface area contributed by atoms with Crippen molar-refractivity contribution in [2.45, 2.75) is 77.2 Å². The van der Waals surface area contributed by atoms with Gasteiger partial charge in [-0.1, -0.05) is 20.8 Å². The molecule has 0 aromatic rings. The van der Waals surface area contributed by atoms with Crippen LogP contribution in [0.15, 0.2) is 0 Å². The highest BCUT2D eigenvalue weighted by atomic mass is 16.2. The minimum Gasteiger partial charge on any atom is -0.321 e. The average molecular weight is 279 g/mol. The number of likely N-dealkylation sites (tertiary alicyclic amines) is 1. The molecule has 3 unspecified atom stereocenters. The zero-order valence-electron chi connectivity index (χ0n) is 13.4. The third-order valence-electron chi connectivity index (χ3n) is 5.46. The van der Waals surface area contributed by atoms with Crippen LogP contribution in [0.4, 0.5) is 0 Å². The molecule has 4 heteroatoms. The zero-order valence-corrected chi connectivity index (χ0v) is 13.4. The Hall–Kier alpha value is -0.610. The van der Waals surface area contributed by atoms with Gasteiger partial charge in [-0.2, -0.15) is 0 Å². The molecule has 3 rings (SSSR count). The topological polar surface area (TPSA) is 35.6 Å². The summed E-state index contributed by atoms with van der Waals surface area (Å²) in [5.74, 6) is 0.781. The average Bonchev–Trinajstić information content (AvgIpc) is 3.09. The van der Waals surface area contributed by atoms with Crippen LogP contribution in [0.25, 0.3) is 0 Å². The van der Waals surface area contributed by atoms with E-state index in [-0.39, 0.29) is 11.7 Å². The van der Waals surface area contributed by atoms with Gasteiger partial charge in [0.15, 0.2) is 0 Å². The van der Waals surface area contributed by atoms with Crippen molar-refractivity contribution in [3.63, 3.8) is 0 Å². The normalized spacial score (nSPS) is 39.2. The summed E-state index contributed by atoms with van der Waals surface area (Å²) in [5, 5.41) is 3.61. The number of nitrogens with one attached hydrogen (secondary N) is 1. The van der Waals surface area contributed by atoms with Crippen molar-refractivity contribution in [2.24, 2.45) is 5.92 Å². The fourth-order valence-electron chi connectivity index (χ4n) is 3.77. The van der Waals surface area contributed by atoms with Crippen LogP contribution in [0, 0.1) is 5.92 Å². The molecule has 3 atom stereocenters. The fraction of sp³-hybridized carbons (Fsp3) is 0.938. The minimum absolute atomic E-state index is 0.205. The maximum atomic E-state index is 12.9. The molecule has 0 aromatic carbocycles. The van der Waals surface area contributed by atoms with Gasteiger partial charge < -0.3 is 4.90 Å². The monoisotopic (exact) mass is 279 g/mol. The Morgan fingerprint density at radius 3 is 2.55 bits per heavy atom. The van der Waals surface area contributed by atoms with E-state index in [9.17, 15) is 4.79 Å². The smallest absolute Gasteiger partial charge is 0.244 e. The molecule has 1 saturated carbocycles. The maximum absolute atomic E-state index is 12.9. The van der Waals surface area contributed by atoms with Crippen molar-refractivity contribution >= 4 is 5.91 Å². The standard InChI is InChI=1S/C16H29N3O/c1-5-16(4)15(20)19(14(17-16)11(2)3)13-8-9-18(10-13)12-6-7-12/h11-14,17H,5-10H2,1-4H3. The molecule has 114 valence electrons. The van der Waals surface area contributed by atoms with Gasteiger partial charge in [0.25, 0.3) is 0 Å². The Labute approximate surface area is 122 Å². The minimum atomic E-state index is -0.359. The quantitative estimate of drug-likeness (QED) is 0.852. The lowest BCUT2D eigenvalue weighted by molar-refractivity contribution is -0.135. The van der Waals surface area contributed by atoms with Crippen molar-refractivity contribution in [2.75, 3.05) is 13.1 Å². The Bertz CT molecular complexity index is 393. The fourth-order valence-corrected chi connectivity index (χ4v) is 3.77. The van der Waals surface area contributed by atoms with Crippen LogP contribution in [-0.2, 0) is 4.79 Å². The van der Waals surface area contributed by atoms with Crippen LogP contribution < -0.4 is 5.32 Å². The van der Waals surface area contributed by atoms with Gasteiger partial charge in [-0.15, -0.1) is 0 Å². The molecule has 3 aliphatic rings. The largest absolute Gasteiger partial charge is 0.321 e. The van der Waals surface area contributed by atoms with Gasteiger partial charge in [-0.05, 0) is 38.5 Å². The summed E-state index contributed by atoms with van der Waals surface area (Å²) in [5.41, 5.74) is -0.359. The highest BCUT2D eigenvalue weighted by Gasteiger charge is 2.51. The summed E-state index contributed by atoms with van der Waals surface area (Å²) in [6.45, 7) is 10.9. The van der Waals surface area contributed by atoms with Crippen molar-refractivity contribution in [3.8, 4) is 0 Å². The third kappa shape index (κ3) is 2.27. The van der Waals surface area contributed by atoms with Gasteiger partial charge in [0.1, 0.15) is 0 Å². The molecular weight excluding hydrogens is 250 g/mol. The first-order valence-electron chi connectivity index (χ1n) is 8.31. The molecule has 20 heavy (non-hydrogen) atoms. The van der Waals surface area contributed by atoms with Crippen molar-refractivity contribution < 1.29 is 4.79 Å². The van der Waals surface area contributed by atoms with E-state index in [1.54, 1.807) is 0 Å². The summed E-state index contributed by atoms with van der Waals surface area (Å²) in [7, 11) is 0. The Balaban J connectivity index is 1.77. The maximum Gasteiger partial charge on any atom is 0.244 e. The molecule has 2 saturated heterocycles. The van der Waals surface area contributed by atoms with Crippen LogP contribution in [0.1, 0.15) is 53.4 Å². The molecule has 0 spiro atoms. The Morgan fingerprint density at radius 1 is 1.30 bits per heavy atom. The predicted octanol–water partition coefficient (Wildman–Crippen LogP) is 1.81. The highest BCUT2D eigenvalue weighted by Crippen LogP contribution is 2.35. The molecule has 0 radical (unpaired) electrons. The summed E-state index contributed by atoms with van der Waals surface area (Å²) < 4.78 is 0. The SMILES string of the molecule is CCC1(C)NC(C(C)C)N(C2CCN(C3CC3)C2)C1=O. The molecule has 1 N–H and O–H groups in total. The molecule has 1 aliphatic carbocycles. The van der Waals surface area contributed by atoms with Gasteiger partial charge in [0.2, 0.25) is 5.91 Å². The second kappa shape index (κ2) is 4.99. The molecule has 3 fully saturated rings. The Kier molecular flexibility index (Phi) is 3.57. The summed E-state index contributed by atoms with van der Waals surface area (Å²) >= 11 is 0. The van der Waals surface area contributed by atoms with Crippen molar-refractivity contribution in [1.82, 2.24) is 15.1 Å². The molecule has 4 nitrogen and oxygen atoms in total. The van der Waals surface area contributed by atoms with Gasteiger partial charge in [0, 0.05) is 25.2 Å². The first-order chi connectivity index (χ1) is 9.46. The molecule has 2 heterocycles. The van der Waals surface area contributed by atoms with Crippen molar-refractivity contribution in [3.05, 3.63) is 0 Å². The van der Waals surface area contributed by atoms with E-state index in [0.29, 0.717) is 17.9 Å². The highest BCUT2D eigenvalue weighted by molar-refractivity contribution is 5.88. The number of rotatable bonds is 4. The first kappa shape index (κ1) is 14.3. The van der Waals surface area contributed by atoms with E-state index < -0.39 is 0 Å². The lowest BCUT2D eigenvalue weighted by Crippen LogP contribution is -2.48. The number of carbonyl (C=O) groups is 1. The van der Waals surface area contributed by atoms with Gasteiger partial charge in [-0.3, -0.25) is 15.0 Å². The number of hydrogen-bond acceptors (Lipinski definition) is 3. The second-order valence-corrected chi connectivity index (χ2v) is 7.40. The summed E-state index contributed by atoms with van der Waals surface area (Å²) in [6, 6.07) is 1.23. The molecule has 2 aliphatic heterocycles. The lowest BCUT2D eigenvalue weighted by Gasteiger charge is -2.32. The molecule has 1 amide bonds. The number of nitrogens with zero attached hydrogens (tertiary/aromatic N) is 2. The Morgan fingerprint density at radius 2 is 2.00 bits per heavy atom.